The molecule has 0 radical (unpaired) electrons. The molecule has 0 amide bonds. The number of ether oxygens (including phenoxy) is 2. The van der Waals surface area contributed by atoms with Crippen molar-refractivity contribution in [1.29, 1.82) is 0 Å². The summed E-state index contributed by atoms with van der Waals surface area (Å²) in [7, 11) is -1.64. The third-order valence-electron chi connectivity index (χ3n) is 1.40. The van der Waals surface area contributed by atoms with Gasteiger partial charge in [-0.05, 0) is 6.08 Å². The molecule has 1 rings (SSSR count). The number of sulfone groups is 1. The average molecular weight is 178 g/mol. The zero-order chi connectivity index (χ0) is 8.48. The first-order chi connectivity index (χ1) is 5.04. The van der Waals surface area contributed by atoms with Crippen LogP contribution in [-0.4, -0.2) is 33.8 Å². The van der Waals surface area contributed by atoms with Gasteiger partial charge in [-0.1, -0.05) is 0 Å². The first-order valence-corrected chi connectivity index (χ1v) is 5.04. The Morgan fingerprint density at radius 3 is 2.64 bits per heavy atom. The molecule has 1 aliphatic rings. The van der Waals surface area contributed by atoms with Gasteiger partial charge < -0.3 is 9.47 Å². The highest BCUT2D eigenvalue weighted by molar-refractivity contribution is 7.91. The largest absolute Gasteiger partial charge is 0.499 e. The van der Waals surface area contributed by atoms with Gasteiger partial charge in [0.2, 0.25) is 0 Å². The highest BCUT2D eigenvalue weighted by atomic mass is 32.2. The van der Waals surface area contributed by atoms with Crippen molar-refractivity contribution in [3.8, 4) is 0 Å². The molecule has 1 heterocycles. The van der Waals surface area contributed by atoms with Gasteiger partial charge >= 0.3 is 0 Å². The summed E-state index contributed by atoms with van der Waals surface area (Å²) in [6.45, 7) is 0.244. The highest BCUT2D eigenvalue weighted by Crippen LogP contribution is 2.15. The molecule has 11 heavy (non-hydrogen) atoms. The fourth-order valence-corrected chi connectivity index (χ4v) is 1.50. The molecule has 4 nitrogen and oxygen atoms in total. The molecule has 0 saturated heterocycles. The second kappa shape index (κ2) is 2.83. The van der Waals surface area contributed by atoms with Gasteiger partial charge in [0.25, 0.3) is 0 Å². The Morgan fingerprint density at radius 2 is 2.36 bits per heavy atom. The predicted molar refractivity (Wildman–Crippen MR) is 39.7 cm³/mol. The molecule has 0 aromatic heterocycles. The summed E-state index contributed by atoms with van der Waals surface area (Å²) >= 11 is 0. The molecular weight excluding hydrogens is 168 g/mol. The Balaban J connectivity index is 2.75. The fraction of sp³-hybridized carbons (Fsp3) is 0.667. The molecule has 0 saturated carbocycles. The van der Waals surface area contributed by atoms with Crippen LogP contribution in [0.25, 0.3) is 0 Å². The SMILES string of the molecule is COC1=CC(S(C)(=O)=O)OC1. The van der Waals surface area contributed by atoms with Crippen molar-refractivity contribution in [3.63, 3.8) is 0 Å². The molecule has 0 fully saturated rings. The quantitative estimate of drug-likeness (QED) is 0.593. The van der Waals surface area contributed by atoms with Gasteiger partial charge in [0, 0.05) is 6.26 Å². The Kier molecular flexibility index (Phi) is 2.20. The Morgan fingerprint density at radius 1 is 1.73 bits per heavy atom. The molecule has 0 aromatic carbocycles. The second-order valence-corrected chi connectivity index (χ2v) is 4.47. The van der Waals surface area contributed by atoms with E-state index in [-0.39, 0.29) is 6.61 Å². The molecule has 0 spiro atoms. The van der Waals surface area contributed by atoms with Crippen LogP contribution in [0, 0.1) is 0 Å². The van der Waals surface area contributed by atoms with E-state index in [4.69, 9.17) is 9.47 Å². The van der Waals surface area contributed by atoms with Crippen molar-refractivity contribution in [2.24, 2.45) is 0 Å². The number of methoxy groups -OCH3 is 1. The smallest absolute Gasteiger partial charge is 0.180 e. The van der Waals surface area contributed by atoms with Crippen molar-refractivity contribution >= 4 is 9.84 Å². The molecule has 64 valence electrons. The zero-order valence-corrected chi connectivity index (χ0v) is 7.22. The van der Waals surface area contributed by atoms with E-state index in [9.17, 15) is 8.42 Å². The summed E-state index contributed by atoms with van der Waals surface area (Å²) in [4.78, 5) is 0. The maximum Gasteiger partial charge on any atom is 0.180 e. The summed E-state index contributed by atoms with van der Waals surface area (Å²) in [5.41, 5.74) is -0.822. The molecular formula is C6H10O4S. The Bertz CT molecular complexity index is 264. The number of hydrogen-bond acceptors (Lipinski definition) is 4. The molecule has 1 atom stereocenters. The van der Waals surface area contributed by atoms with Gasteiger partial charge in [-0.15, -0.1) is 0 Å². The van der Waals surface area contributed by atoms with Crippen LogP contribution >= 0.6 is 0 Å². The van der Waals surface area contributed by atoms with Crippen LogP contribution in [0.5, 0.6) is 0 Å². The highest BCUT2D eigenvalue weighted by Gasteiger charge is 2.25. The standard InChI is InChI=1S/C6H10O4S/c1-9-5-3-6(10-4-5)11(2,7)8/h3,6H,4H2,1-2H3. The van der Waals surface area contributed by atoms with Gasteiger partial charge in [0.1, 0.15) is 12.4 Å². The average Bonchev–Trinajstić information content (AvgIpc) is 2.32. The van der Waals surface area contributed by atoms with Gasteiger partial charge in [0.05, 0.1) is 7.11 Å². The lowest BCUT2D eigenvalue weighted by Crippen LogP contribution is -2.17. The van der Waals surface area contributed by atoms with E-state index in [2.05, 4.69) is 0 Å². The summed E-state index contributed by atoms with van der Waals surface area (Å²) < 4.78 is 31.5. The maximum atomic E-state index is 10.9. The minimum Gasteiger partial charge on any atom is -0.499 e. The Hall–Kier alpha value is -0.550. The van der Waals surface area contributed by atoms with Gasteiger partial charge in [-0.3, -0.25) is 0 Å². The summed E-state index contributed by atoms with van der Waals surface area (Å²) in [5, 5.41) is 0. The summed E-state index contributed by atoms with van der Waals surface area (Å²) in [6.07, 6.45) is 2.60. The minimum atomic E-state index is -3.12. The lowest BCUT2D eigenvalue weighted by molar-refractivity contribution is 0.146. The van der Waals surface area contributed by atoms with Gasteiger partial charge in [-0.2, -0.15) is 0 Å². The van der Waals surface area contributed by atoms with E-state index in [1.54, 1.807) is 0 Å². The van der Waals surface area contributed by atoms with Crippen LogP contribution in [0.3, 0.4) is 0 Å². The third-order valence-corrected chi connectivity index (χ3v) is 2.51. The van der Waals surface area contributed by atoms with Crippen LogP contribution in [0.2, 0.25) is 0 Å². The first kappa shape index (κ1) is 8.55. The minimum absolute atomic E-state index is 0.244. The van der Waals surface area contributed by atoms with Gasteiger partial charge in [0.15, 0.2) is 15.3 Å². The maximum absolute atomic E-state index is 10.9. The van der Waals surface area contributed by atoms with Crippen molar-refractivity contribution in [3.05, 3.63) is 11.8 Å². The van der Waals surface area contributed by atoms with Gasteiger partial charge in [-0.25, -0.2) is 8.42 Å². The van der Waals surface area contributed by atoms with Crippen LogP contribution in [0.15, 0.2) is 11.8 Å². The van der Waals surface area contributed by atoms with Crippen molar-refractivity contribution < 1.29 is 17.9 Å². The molecule has 0 aliphatic carbocycles. The van der Waals surface area contributed by atoms with Crippen LogP contribution < -0.4 is 0 Å². The van der Waals surface area contributed by atoms with Crippen LogP contribution in [-0.2, 0) is 19.3 Å². The Labute approximate surface area is 65.7 Å². The molecule has 5 heteroatoms. The van der Waals surface area contributed by atoms with E-state index in [0.29, 0.717) is 5.76 Å². The predicted octanol–water partition coefficient (Wildman–Crippen LogP) is -0.0824. The lowest BCUT2D eigenvalue weighted by Gasteiger charge is -2.02. The monoisotopic (exact) mass is 178 g/mol. The van der Waals surface area contributed by atoms with Crippen LogP contribution in [0.1, 0.15) is 0 Å². The van der Waals surface area contributed by atoms with E-state index >= 15 is 0 Å². The summed E-state index contributed by atoms with van der Waals surface area (Å²) in [5.74, 6) is 0.570. The number of hydrogen-bond donors (Lipinski definition) is 0. The third kappa shape index (κ3) is 1.94. The molecule has 0 bridgehead atoms. The first-order valence-electron chi connectivity index (χ1n) is 3.09. The molecule has 1 aliphatic heterocycles. The molecule has 0 N–H and O–H groups in total. The fourth-order valence-electron chi connectivity index (χ4n) is 0.786. The van der Waals surface area contributed by atoms with Crippen molar-refractivity contribution in [2.45, 2.75) is 5.44 Å². The van der Waals surface area contributed by atoms with Crippen molar-refractivity contribution in [1.82, 2.24) is 0 Å². The van der Waals surface area contributed by atoms with E-state index in [0.717, 1.165) is 6.26 Å². The van der Waals surface area contributed by atoms with E-state index < -0.39 is 15.3 Å². The summed E-state index contributed by atoms with van der Waals surface area (Å²) in [6, 6.07) is 0. The normalized spacial score (nSPS) is 24.9. The van der Waals surface area contributed by atoms with E-state index in [1.807, 2.05) is 0 Å². The van der Waals surface area contributed by atoms with E-state index in [1.165, 1.54) is 13.2 Å². The molecule has 0 aromatic rings. The molecule has 1 unspecified atom stereocenters. The lowest BCUT2D eigenvalue weighted by atomic mass is 10.5. The zero-order valence-electron chi connectivity index (χ0n) is 6.40. The van der Waals surface area contributed by atoms with Crippen molar-refractivity contribution in [2.75, 3.05) is 20.0 Å². The van der Waals surface area contributed by atoms with Crippen LogP contribution in [0.4, 0.5) is 0 Å². The number of rotatable bonds is 2. The topological polar surface area (TPSA) is 52.6 Å². The second-order valence-electron chi connectivity index (χ2n) is 2.35.